The highest BCUT2D eigenvalue weighted by Gasteiger charge is 2.44. The van der Waals surface area contributed by atoms with E-state index in [4.69, 9.17) is 4.42 Å². The molecule has 2 aromatic carbocycles. The van der Waals surface area contributed by atoms with Gasteiger partial charge in [0.05, 0.1) is 19.4 Å². The van der Waals surface area contributed by atoms with Crippen molar-refractivity contribution in [2.24, 2.45) is 5.92 Å². The van der Waals surface area contributed by atoms with Gasteiger partial charge in [0.15, 0.2) is 0 Å². The molecule has 1 heterocycles. The van der Waals surface area contributed by atoms with Gasteiger partial charge in [0, 0.05) is 5.92 Å². The first kappa shape index (κ1) is 16.4. The molecule has 2 amide bonds. The van der Waals surface area contributed by atoms with Gasteiger partial charge in [0.2, 0.25) is 11.8 Å². The molecular formula is C21H20N2O3. The van der Waals surface area contributed by atoms with Crippen molar-refractivity contribution in [2.45, 2.75) is 18.9 Å². The van der Waals surface area contributed by atoms with Crippen LogP contribution in [0.2, 0.25) is 0 Å². The summed E-state index contributed by atoms with van der Waals surface area (Å²) in [6, 6.07) is 18.0. The van der Waals surface area contributed by atoms with E-state index in [9.17, 15) is 9.59 Å². The fraction of sp³-hybridized carbons (Fsp3) is 0.238. The van der Waals surface area contributed by atoms with E-state index in [0.717, 1.165) is 6.42 Å². The molecule has 1 aliphatic carbocycles. The van der Waals surface area contributed by atoms with Gasteiger partial charge in [-0.25, -0.2) is 0 Å². The highest BCUT2D eigenvalue weighted by molar-refractivity contribution is 5.91. The van der Waals surface area contributed by atoms with Gasteiger partial charge in [-0.3, -0.25) is 9.59 Å². The molecule has 3 aromatic rings. The summed E-state index contributed by atoms with van der Waals surface area (Å²) in [4.78, 5) is 24.2. The molecule has 1 aromatic heterocycles. The van der Waals surface area contributed by atoms with Gasteiger partial charge >= 0.3 is 0 Å². The lowest BCUT2D eigenvalue weighted by Gasteiger charge is -2.07. The summed E-state index contributed by atoms with van der Waals surface area (Å²) < 4.78 is 5.15. The number of benzene rings is 2. The van der Waals surface area contributed by atoms with E-state index in [1.165, 1.54) is 16.3 Å². The van der Waals surface area contributed by atoms with Crippen LogP contribution in [0, 0.1) is 5.92 Å². The van der Waals surface area contributed by atoms with Crippen molar-refractivity contribution in [3.63, 3.8) is 0 Å². The summed E-state index contributed by atoms with van der Waals surface area (Å²) >= 11 is 0. The molecule has 5 nitrogen and oxygen atoms in total. The molecule has 1 fully saturated rings. The lowest BCUT2D eigenvalue weighted by atomic mass is 10.00. The Morgan fingerprint density at radius 3 is 2.69 bits per heavy atom. The molecule has 0 radical (unpaired) electrons. The van der Waals surface area contributed by atoms with Crippen molar-refractivity contribution >= 4 is 22.6 Å². The molecule has 0 saturated heterocycles. The molecular weight excluding hydrogens is 328 g/mol. The van der Waals surface area contributed by atoms with E-state index < -0.39 is 0 Å². The van der Waals surface area contributed by atoms with Gasteiger partial charge in [-0.1, -0.05) is 42.5 Å². The molecule has 2 atom stereocenters. The van der Waals surface area contributed by atoms with Crippen LogP contribution >= 0.6 is 0 Å². The maximum absolute atomic E-state index is 12.4. The predicted octanol–water partition coefficient (Wildman–Crippen LogP) is 2.97. The lowest BCUT2D eigenvalue weighted by Crippen LogP contribution is -2.37. The van der Waals surface area contributed by atoms with Crippen LogP contribution in [-0.2, 0) is 16.1 Å². The van der Waals surface area contributed by atoms with Crippen LogP contribution in [0.3, 0.4) is 0 Å². The highest BCUT2D eigenvalue weighted by atomic mass is 16.3. The van der Waals surface area contributed by atoms with Crippen LogP contribution in [0.25, 0.3) is 10.8 Å². The average molecular weight is 348 g/mol. The Kier molecular flexibility index (Phi) is 4.44. The number of carbonyl (C=O) groups excluding carboxylic acids is 2. The fourth-order valence-electron chi connectivity index (χ4n) is 3.36. The van der Waals surface area contributed by atoms with Crippen LogP contribution in [0.1, 0.15) is 23.7 Å². The molecule has 132 valence electrons. The minimum Gasteiger partial charge on any atom is -0.467 e. The van der Waals surface area contributed by atoms with Crippen LogP contribution < -0.4 is 10.6 Å². The first-order valence-electron chi connectivity index (χ1n) is 8.77. The highest BCUT2D eigenvalue weighted by Crippen LogP contribution is 2.49. The maximum Gasteiger partial charge on any atom is 0.239 e. The molecule has 26 heavy (non-hydrogen) atoms. The normalized spacial score (nSPS) is 18.5. The maximum atomic E-state index is 12.4. The molecule has 1 aliphatic rings. The van der Waals surface area contributed by atoms with Gasteiger partial charge in [0.1, 0.15) is 5.76 Å². The second kappa shape index (κ2) is 7.04. The number of carbonyl (C=O) groups is 2. The number of hydrogen-bond acceptors (Lipinski definition) is 3. The summed E-state index contributed by atoms with van der Waals surface area (Å²) in [6.45, 7) is 0.308. The van der Waals surface area contributed by atoms with Crippen molar-refractivity contribution in [3.8, 4) is 0 Å². The third-order valence-corrected chi connectivity index (χ3v) is 4.81. The molecule has 5 heteroatoms. The SMILES string of the molecule is O=C(CNC(=O)[C@@H]1C[C@@H]1c1cccc2ccccc12)NCc1ccco1. The van der Waals surface area contributed by atoms with Gasteiger partial charge in [-0.15, -0.1) is 0 Å². The van der Waals surface area contributed by atoms with Crippen LogP contribution in [-0.4, -0.2) is 18.4 Å². The Hall–Kier alpha value is -3.08. The zero-order valence-corrected chi connectivity index (χ0v) is 14.3. The number of fused-ring (bicyclic) bond motifs is 1. The second-order valence-corrected chi connectivity index (χ2v) is 6.59. The standard InChI is InChI=1S/C21H20N2O3/c24-20(22-12-15-7-4-10-26-15)13-23-21(25)19-11-18(19)17-9-3-6-14-5-1-2-8-16(14)17/h1-10,18-19H,11-13H2,(H,22,24)(H,23,25)/t18-,19-/m1/s1. The average Bonchev–Trinajstić information content (AvgIpc) is 3.30. The van der Waals surface area contributed by atoms with Crippen molar-refractivity contribution in [3.05, 3.63) is 72.2 Å². The number of nitrogens with one attached hydrogen (secondary N) is 2. The molecule has 1 saturated carbocycles. The van der Waals surface area contributed by atoms with Gasteiger partial charge in [-0.2, -0.15) is 0 Å². The van der Waals surface area contributed by atoms with Crippen LogP contribution in [0.5, 0.6) is 0 Å². The van der Waals surface area contributed by atoms with Crippen molar-refractivity contribution < 1.29 is 14.0 Å². The quantitative estimate of drug-likeness (QED) is 0.719. The second-order valence-electron chi connectivity index (χ2n) is 6.59. The van der Waals surface area contributed by atoms with E-state index in [1.54, 1.807) is 18.4 Å². The number of furan rings is 1. The van der Waals surface area contributed by atoms with E-state index in [-0.39, 0.29) is 30.2 Å². The molecule has 0 bridgehead atoms. The summed E-state index contributed by atoms with van der Waals surface area (Å²) in [5.41, 5.74) is 1.21. The Labute approximate surface area is 151 Å². The zero-order valence-electron chi connectivity index (χ0n) is 14.3. The number of hydrogen-bond donors (Lipinski definition) is 2. The van der Waals surface area contributed by atoms with E-state index in [1.807, 2.05) is 18.2 Å². The van der Waals surface area contributed by atoms with Crippen molar-refractivity contribution in [2.75, 3.05) is 6.54 Å². The van der Waals surface area contributed by atoms with E-state index in [2.05, 4.69) is 34.9 Å². The van der Waals surface area contributed by atoms with Gasteiger partial charge in [0.25, 0.3) is 0 Å². The van der Waals surface area contributed by atoms with E-state index in [0.29, 0.717) is 12.3 Å². The van der Waals surface area contributed by atoms with Gasteiger partial charge in [-0.05, 0) is 40.8 Å². The van der Waals surface area contributed by atoms with Crippen LogP contribution in [0.4, 0.5) is 0 Å². The fourth-order valence-corrected chi connectivity index (χ4v) is 3.36. The Morgan fingerprint density at radius 1 is 1.00 bits per heavy atom. The molecule has 0 unspecified atom stereocenters. The zero-order chi connectivity index (χ0) is 17.9. The Morgan fingerprint density at radius 2 is 1.85 bits per heavy atom. The summed E-state index contributed by atoms with van der Waals surface area (Å²) in [5.74, 6) is 0.571. The molecule has 0 aliphatic heterocycles. The largest absolute Gasteiger partial charge is 0.467 e. The van der Waals surface area contributed by atoms with Crippen molar-refractivity contribution in [1.82, 2.24) is 10.6 Å². The number of amides is 2. The minimum atomic E-state index is -0.225. The monoisotopic (exact) mass is 348 g/mol. The molecule has 2 N–H and O–H groups in total. The number of rotatable bonds is 6. The van der Waals surface area contributed by atoms with Crippen molar-refractivity contribution in [1.29, 1.82) is 0 Å². The summed E-state index contributed by atoms with van der Waals surface area (Å²) in [5, 5.41) is 7.85. The third kappa shape index (κ3) is 3.47. The van der Waals surface area contributed by atoms with E-state index >= 15 is 0 Å². The summed E-state index contributed by atoms with van der Waals surface area (Å²) in [6.07, 6.45) is 2.39. The van der Waals surface area contributed by atoms with Gasteiger partial charge < -0.3 is 15.1 Å². The molecule has 4 rings (SSSR count). The Bertz CT molecular complexity index is 928. The Balaban J connectivity index is 1.30. The minimum absolute atomic E-state index is 0.0156. The summed E-state index contributed by atoms with van der Waals surface area (Å²) in [7, 11) is 0. The lowest BCUT2D eigenvalue weighted by molar-refractivity contribution is -0.126. The predicted molar refractivity (Wildman–Crippen MR) is 98.4 cm³/mol. The first-order chi connectivity index (χ1) is 12.7. The topological polar surface area (TPSA) is 71.3 Å². The smallest absolute Gasteiger partial charge is 0.239 e. The third-order valence-electron chi connectivity index (χ3n) is 4.81. The van der Waals surface area contributed by atoms with Crippen LogP contribution in [0.15, 0.2) is 65.3 Å². The first-order valence-corrected chi connectivity index (χ1v) is 8.77. The molecule has 0 spiro atoms.